The molecular weight excluding hydrogens is 1000 g/mol. The molecule has 77 heavy (non-hydrogen) atoms. The Morgan fingerprint density at radius 1 is 0.649 bits per heavy atom. The maximum atomic E-state index is 14.6. The van der Waals surface area contributed by atoms with Crippen molar-refractivity contribution in [1.82, 2.24) is 46.8 Å². The Balaban J connectivity index is 1.36. The number of benzene rings is 3. The summed E-state index contributed by atoms with van der Waals surface area (Å²) in [5.74, 6) is -10.7. The predicted octanol–water partition coefficient (Wildman–Crippen LogP) is -1.20. The number of nitrogens with two attached hydrogens (primary N) is 2. The number of aromatic hydroxyl groups is 2. The molecular formula is C52H65N11O14. The van der Waals surface area contributed by atoms with E-state index < -0.39 is 126 Å². The lowest BCUT2D eigenvalue weighted by atomic mass is 10.0. The number of nitrogens with one attached hydrogen (secondary N) is 7. The highest BCUT2D eigenvalue weighted by molar-refractivity contribution is 5.99. The molecule has 1 saturated heterocycles. The van der Waals surface area contributed by atoms with Gasteiger partial charge in [-0.2, -0.15) is 0 Å². The summed E-state index contributed by atoms with van der Waals surface area (Å²) in [6, 6.07) is 8.53. The van der Waals surface area contributed by atoms with Gasteiger partial charge < -0.3 is 73.7 Å². The SMILES string of the molecule is CC(C)[C@@H](NC(=O)[C@@H](Cc1cnc[nH]1)NC(=O)[C@@H](CC(=O)O)NC(=O)[C@@H](Cc1ccccc1)NC(=O)[C@@H]1CCCN1C(=O)[C@@H](CCC(N)=O)NC(=O)[C@@H](Cc1ccc(O)cc1)NC(=O)[C@H](N)Cc1ccc(O)cc1)C(=O)O. The average molecular weight is 1070 g/mol. The van der Waals surface area contributed by atoms with E-state index in [4.69, 9.17) is 11.5 Å². The van der Waals surface area contributed by atoms with Crippen molar-refractivity contribution in [3.63, 3.8) is 0 Å². The van der Waals surface area contributed by atoms with Crippen molar-refractivity contribution < 1.29 is 68.4 Å². The first-order valence-electron chi connectivity index (χ1n) is 24.8. The van der Waals surface area contributed by atoms with Crippen LogP contribution in [0.15, 0.2) is 91.4 Å². The van der Waals surface area contributed by atoms with Crippen molar-refractivity contribution in [3.8, 4) is 11.5 Å². The molecule has 25 nitrogen and oxygen atoms in total. The lowest BCUT2D eigenvalue weighted by Crippen LogP contribution is -2.60. The monoisotopic (exact) mass is 1070 g/mol. The van der Waals surface area contributed by atoms with Crippen LogP contribution in [-0.4, -0.2) is 149 Å². The number of aliphatic carboxylic acids is 2. The largest absolute Gasteiger partial charge is 0.508 e. The first kappa shape index (κ1) is 59.0. The normalized spacial score (nSPS) is 15.8. The number of nitrogens with zero attached hydrogens (tertiary/aromatic N) is 2. The van der Waals surface area contributed by atoms with Gasteiger partial charge in [-0.15, -0.1) is 0 Å². The second-order valence-electron chi connectivity index (χ2n) is 19.0. The van der Waals surface area contributed by atoms with E-state index in [1.165, 1.54) is 53.8 Å². The van der Waals surface area contributed by atoms with Gasteiger partial charge in [0.25, 0.3) is 0 Å². The Morgan fingerprint density at radius 2 is 1.16 bits per heavy atom. The number of hydrogen-bond acceptors (Lipinski definition) is 14. The third kappa shape index (κ3) is 18.2. The first-order valence-corrected chi connectivity index (χ1v) is 24.8. The lowest BCUT2D eigenvalue weighted by Gasteiger charge is -2.31. The second-order valence-corrected chi connectivity index (χ2v) is 19.0. The molecule has 0 aliphatic carbocycles. The number of carbonyl (C=O) groups excluding carboxylic acids is 8. The zero-order chi connectivity index (χ0) is 56.3. The van der Waals surface area contributed by atoms with E-state index in [0.717, 1.165) is 0 Å². The Bertz CT molecular complexity index is 2710. The van der Waals surface area contributed by atoms with E-state index in [2.05, 4.69) is 41.9 Å². The van der Waals surface area contributed by atoms with Crippen LogP contribution >= 0.6 is 0 Å². The van der Waals surface area contributed by atoms with Crippen LogP contribution in [0.2, 0.25) is 0 Å². The molecule has 0 unspecified atom stereocenters. The molecule has 8 atom stereocenters. The molecule has 25 heteroatoms. The van der Waals surface area contributed by atoms with Gasteiger partial charge in [0, 0.05) is 44.1 Å². The molecule has 1 aliphatic heterocycles. The van der Waals surface area contributed by atoms with Crippen LogP contribution in [0.25, 0.3) is 0 Å². The van der Waals surface area contributed by atoms with Gasteiger partial charge >= 0.3 is 11.9 Å². The lowest BCUT2D eigenvalue weighted by molar-refractivity contribution is -0.144. The summed E-state index contributed by atoms with van der Waals surface area (Å²) in [7, 11) is 0. The Kier molecular flexibility index (Phi) is 21.6. The fourth-order valence-electron chi connectivity index (χ4n) is 8.50. The summed E-state index contributed by atoms with van der Waals surface area (Å²) in [5, 5.41) is 54.3. The molecule has 15 N–H and O–H groups in total. The van der Waals surface area contributed by atoms with Gasteiger partial charge in [0.1, 0.15) is 53.8 Å². The number of primary amides is 1. The molecule has 3 aromatic carbocycles. The zero-order valence-electron chi connectivity index (χ0n) is 42.3. The number of H-pyrrole nitrogens is 1. The van der Waals surface area contributed by atoms with Crippen LogP contribution < -0.4 is 43.4 Å². The van der Waals surface area contributed by atoms with Crippen LogP contribution in [0, 0.1) is 5.92 Å². The quantitative estimate of drug-likeness (QED) is 0.0318. The van der Waals surface area contributed by atoms with Crippen molar-refractivity contribution in [2.24, 2.45) is 17.4 Å². The van der Waals surface area contributed by atoms with Crippen LogP contribution in [-0.2, 0) is 73.6 Å². The summed E-state index contributed by atoms with van der Waals surface area (Å²) in [6.07, 6.45) is 0.680. The Morgan fingerprint density at radius 3 is 1.70 bits per heavy atom. The average Bonchev–Trinajstić information content (AvgIpc) is 4.10. The molecule has 4 aromatic rings. The van der Waals surface area contributed by atoms with E-state index in [1.807, 2.05) is 0 Å². The van der Waals surface area contributed by atoms with Crippen molar-refractivity contribution in [3.05, 3.63) is 114 Å². The molecule has 2 heterocycles. The Labute approximate surface area is 442 Å². The summed E-state index contributed by atoms with van der Waals surface area (Å²) in [5.41, 5.74) is 13.7. The Hall–Kier alpha value is -8.87. The van der Waals surface area contributed by atoms with Gasteiger partial charge in [-0.05, 0) is 72.6 Å². The minimum atomic E-state index is -1.86. The molecule has 0 saturated carbocycles. The fourth-order valence-corrected chi connectivity index (χ4v) is 8.50. The number of phenolic OH excluding ortho intramolecular Hbond substituents is 2. The van der Waals surface area contributed by atoms with E-state index >= 15 is 0 Å². The molecule has 8 amide bonds. The number of rotatable bonds is 28. The molecule has 1 fully saturated rings. The number of imidazole rings is 1. The molecule has 1 aliphatic rings. The van der Waals surface area contributed by atoms with Gasteiger partial charge in [-0.3, -0.25) is 43.2 Å². The molecule has 0 bridgehead atoms. The molecule has 5 rings (SSSR count). The maximum absolute atomic E-state index is 14.6. The number of carbonyl (C=O) groups is 10. The number of hydrogen-bond donors (Lipinski definition) is 13. The fraction of sp³-hybridized carbons (Fsp3) is 0.404. The molecule has 0 spiro atoms. The van der Waals surface area contributed by atoms with E-state index in [1.54, 1.807) is 56.3 Å². The zero-order valence-corrected chi connectivity index (χ0v) is 42.3. The topological polar surface area (TPSA) is 408 Å². The van der Waals surface area contributed by atoms with E-state index in [-0.39, 0.29) is 63.0 Å². The summed E-state index contributed by atoms with van der Waals surface area (Å²) >= 11 is 0. The highest BCUT2D eigenvalue weighted by atomic mass is 16.4. The van der Waals surface area contributed by atoms with Gasteiger partial charge in [-0.25, -0.2) is 9.78 Å². The minimum absolute atomic E-state index is 0.000815. The minimum Gasteiger partial charge on any atom is -0.508 e. The number of aromatic amines is 1. The molecule has 1 aromatic heterocycles. The van der Waals surface area contributed by atoms with Gasteiger partial charge in [0.15, 0.2) is 0 Å². The third-order valence-corrected chi connectivity index (χ3v) is 12.6. The standard InChI is InChI=1S/C52H65N11O14/c1-28(2)44(52(76)77)62-49(73)39(24-32-26-55-27-56-32)59-48(72)40(25-43(67)68)60-47(71)38(22-29-7-4-3-5-8-29)61-50(74)41-9-6-20-63(41)51(75)36(18-19-42(54)66)57-46(70)37(23-31-12-16-34(65)17-13-31)58-45(69)35(53)21-30-10-14-33(64)15-11-30/h3-5,7-8,10-17,26-28,35-41,44,64-65H,6,9,18-25,53H2,1-2H3,(H2,54,66)(H,55,56)(H,57,70)(H,58,69)(H,59,72)(H,60,71)(H,61,74)(H,62,73)(H,67,68)(H,76,77)/t35-,36-,37-,38-,39-,40-,41+,44-/m1/s1. The predicted molar refractivity (Wildman–Crippen MR) is 274 cm³/mol. The molecule has 412 valence electrons. The summed E-state index contributed by atoms with van der Waals surface area (Å²) in [6.45, 7) is 3.09. The third-order valence-electron chi connectivity index (χ3n) is 12.6. The number of carboxylic acids is 2. The van der Waals surface area contributed by atoms with Gasteiger partial charge in [-0.1, -0.05) is 68.4 Å². The van der Waals surface area contributed by atoms with E-state index in [9.17, 15) is 68.4 Å². The summed E-state index contributed by atoms with van der Waals surface area (Å²) < 4.78 is 0. The van der Waals surface area contributed by atoms with Crippen LogP contribution in [0.5, 0.6) is 11.5 Å². The summed E-state index contributed by atoms with van der Waals surface area (Å²) in [4.78, 5) is 143. The van der Waals surface area contributed by atoms with Crippen molar-refractivity contribution in [1.29, 1.82) is 0 Å². The number of carboxylic acid groups (broad SMARTS) is 2. The van der Waals surface area contributed by atoms with Gasteiger partial charge in [0.2, 0.25) is 47.3 Å². The van der Waals surface area contributed by atoms with Crippen molar-refractivity contribution >= 4 is 59.2 Å². The van der Waals surface area contributed by atoms with Crippen LogP contribution in [0.3, 0.4) is 0 Å². The van der Waals surface area contributed by atoms with Crippen LogP contribution in [0.1, 0.15) is 68.3 Å². The number of aromatic nitrogens is 2. The van der Waals surface area contributed by atoms with Crippen molar-refractivity contribution in [2.45, 2.75) is 120 Å². The highest BCUT2D eigenvalue weighted by Gasteiger charge is 2.41. The second kappa shape index (κ2) is 28.1. The van der Waals surface area contributed by atoms with Crippen molar-refractivity contribution in [2.75, 3.05) is 6.54 Å². The first-order chi connectivity index (χ1) is 36.6. The maximum Gasteiger partial charge on any atom is 0.326 e. The molecule has 0 radical (unpaired) electrons. The highest BCUT2D eigenvalue weighted by Crippen LogP contribution is 2.21. The van der Waals surface area contributed by atoms with Crippen LogP contribution in [0.4, 0.5) is 0 Å². The number of amides is 8. The number of likely N-dealkylation sites (tertiary alicyclic amines) is 1. The van der Waals surface area contributed by atoms with Gasteiger partial charge in [0.05, 0.1) is 18.8 Å². The smallest absolute Gasteiger partial charge is 0.326 e. The number of phenols is 2. The van der Waals surface area contributed by atoms with E-state index in [0.29, 0.717) is 22.4 Å².